The predicted octanol–water partition coefficient (Wildman–Crippen LogP) is 3.87. The van der Waals surface area contributed by atoms with Crippen LogP contribution >= 0.6 is 11.8 Å². The second-order valence-corrected chi connectivity index (χ2v) is 5.88. The van der Waals surface area contributed by atoms with Gasteiger partial charge in [0.2, 0.25) is 0 Å². The molecule has 1 N–H and O–H groups in total. The average molecular weight is 238 g/mol. The third-order valence-electron chi connectivity index (χ3n) is 3.03. The molecule has 0 saturated carbocycles. The second kappa shape index (κ2) is 6.31. The van der Waals surface area contributed by atoms with Crippen LogP contribution in [0, 0.1) is 13.8 Å². The Kier molecular flexibility index (Phi) is 5.36. The van der Waals surface area contributed by atoms with E-state index in [0.717, 1.165) is 17.7 Å². The van der Waals surface area contributed by atoms with E-state index in [1.54, 1.807) is 0 Å². The minimum atomic E-state index is -0.335. The van der Waals surface area contributed by atoms with E-state index in [9.17, 15) is 5.11 Å². The summed E-state index contributed by atoms with van der Waals surface area (Å²) in [6.45, 7) is 8.57. The molecule has 0 amide bonds. The molecule has 0 aliphatic heterocycles. The average Bonchev–Trinajstić information content (AvgIpc) is 2.29. The Hall–Kier alpha value is -0.470. The number of hydrogen-bond donors (Lipinski definition) is 1. The van der Waals surface area contributed by atoms with Gasteiger partial charge >= 0.3 is 0 Å². The molecule has 90 valence electrons. The van der Waals surface area contributed by atoms with Crippen LogP contribution in [0.25, 0.3) is 0 Å². The van der Waals surface area contributed by atoms with Crippen molar-refractivity contribution in [3.05, 3.63) is 34.9 Å². The highest BCUT2D eigenvalue weighted by molar-refractivity contribution is 7.99. The molecule has 16 heavy (non-hydrogen) atoms. The van der Waals surface area contributed by atoms with Crippen molar-refractivity contribution in [2.24, 2.45) is 0 Å². The molecule has 0 aromatic heterocycles. The number of aliphatic hydroxyl groups is 1. The lowest BCUT2D eigenvalue weighted by Crippen LogP contribution is -2.05. The Labute approximate surface area is 103 Å². The lowest BCUT2D eigenvalue weighted by molar-refractivity contribution is 0.204. The Balaban J connectivity index is 2.59. The van der Waals surface area contributed by atoms with Gasteiger partial charge in [0.15, 0.2) is 0 Å². The van der Waals surface area contributed by atoms with Gasteiger partial charge in [-0.15, -0.1) is 0 Å². The van der Waals surface area contributed by atoms with Gasteiger partial charge in [0.05, 0.1) is 6.10 Å². The maximum atomic E-state index is 10.1. The molecule has 0 aliphatic rings. The van der Waals surface area contributed by atoms with Crippen LogP contribution in [0.1, 0.15) is 43.1 Å². The Morgan fingerprint density at radius 2 is 1.94 bits per heavy atom. The summed E-state index contributed by atoms with van der Waals surface area (Å²) >= 11 is 1.84. The molecule has 1 aromatic carbocycles. The number of aryl methyl sites for hydroxylation is 2. The van der Waals surface area contributed by atoms with E-state index >= 15 is 0 Å². The molecular formula is C14H22OS. The first kappa shape index (κ1) is 13.6. The normalized spacial score (nSPS) is 14.8. The van der Waals surface area contributed by atoms with E-state index < -0.39 is 0 Å². The van der Waals surface area contributed by atoms with Crippen molar-refractivity contribution in [3.8, 4) is 0 Å². The fraction of sp³-hybridized carbons (Fsp3) is 0.571. The largest absolute Gasteiger partial charge is 0.388 e. The Morgan fingerprint density at radius 3 is 2.50 bits per heavy atom. The van der Waals surface area contributed by atoms with E-state index in [1.165, 1.54) is 11.1 Å². The molecule has 1 aromatic rings. The number of benzene rings is 1. The summed E-state index contributed by atoms with van der Waals surface area (Å²) in [5, 5.41) is 10.7. The molecule has 1 nitrogen and oxygen atoms in total. The molecule has 2 atom stereocenters. The molecule has 0 saturated heterocycles. The summed E-state index contributed by atoms with van der Waals surface area (Å²) in [5.41, 5.74) is 3.58. The quantitative estimate of drug-likeness (QED) is 0.840. The van der Waals surface area contributed by atoms with Crippen LogP contribution in [-0.4, -0.2) is 16.1 Å². The van der Waals surface area contributed by atoms with Gasteiger partial charge in [0, 0.05) is 11.0 Å². The smallest absolute Gasteiger partial charge is 0.0880 e. The minimum absolute atomic E-state index is 0.335. The highest BCUT2D eigenvalue weighted by atomic mass is 32.2. The summed E-state index contributed by atoms with van der Waals surface area (Å²) in [6.07, 6.45) is 0.822. The van der Waals surface area contributed by atoms with Crippen LogP contribution in [0.5, 0.6) is 0 Å². The zero-order valence-electron chi connectivity index (χ0n) is 10.7. The number of aliphatic hydroxyl groups excluding tert-OH is 1. The summed E-state index contributed by atoms with van der Waals surface area (Å²) in [4.78, 5) is 0. The van der Waals surface area contributed by atoms with Crippen LogP contribution in [0.2, 0.25) is 0 Å². The van der Waals surface area contributed by atoms with E-state index in [-0.39, 0.29) is 6.10 Å². The third-order valence-corrected chi connectivity index (χ3v) is 4.44. The van der Waals surface area contributed by atoms with Gasteiger partial charge < -0.3 is 5.11 Å². The van der Waals surface area contributed by atoms with Crippen molar-refractivity contribution < 1.29 is 5.11 Å². The van der Waals surface area contributed by atoms with Gasteiger partial charge in [-0.1, -0.05) is 32.0 Å². The zero-order valence-corrected chi connectivity index (χ0v) is 11.5. The van der Waals surface area contributed by atoms with E-state index in [1.807, 2.05) is 17.8 Å². The summed E-state index contributed by atoms with van der Waals surface area (Å²) in [5.74, 6) is 0.789. The van der Waals surface area contributed by atoms with Crippen molar-refractivity contribution >= 4 is 11.8 Å². The van der Waals surface area contributed by atoms with Gasteiger partial charge in [-0.2, -0.15) is 11.8 Å². The Bertz CT molecular complexity index is 336. The molecule has 0 heterocycles. The van der Waals surface area contributed by atoms with Crippen molar-refractivity contribution in [1.82, 2.24) is 0 Å². The van der Waals surface area contributed by atoms with Crippen LogP contribution in [-0.2, 0) is 0 Å². The predicted molar refractivity (Wildman–Crippen MR) is 73.1 cm³/mol. The number of thioether (sulfide) groups is 1. The topological polar surface area (TPSA) is 20.2 Å². The van der Waals surface area contributed by atoms with Gasteiger partial charge in [0.1, 0.15) is 0 Å². The monoisotopic (exact) mass is 238 g/mol. The van der Waals surface area contributed by atoms with Crippen LogP contribution in [0.3, 0.4) is 0 Å². The fourth-order valence-electron chi connectivity index (χ4n) is 1.44. The van der Waals surface area contributed by atoms with Gasteiger partial charge in [-0.05, 0) is 37.0 Å². The minimum Gasteiger partial charge on any atom is -0.388 e. The number of rotatable bonds is 5. The van der Waals surface area contributed by atoms with Crippen LogP contribution in [0.15, 0.2) is 18.2 Å². The highest BCUT2D eigenvalue weighted by Gasteiger charge is 2.10. The zero-order chi connectivity index (χ0) is 12.1. The van der Waals surface area contributed by atoms with Crippen molar-refractivity contribution in [1.29, 1.82) is 0 Å². The van der Waals surface area contributed by atoms with Crippen molar-refractivity contribution in [3.63, 3.8) is 0 Å². The molecular weight excluding hydrogens is 216 g/mol. The van der Waals surface area contributed by atoms with Gasteiger partial charge in [-0.3, -0.25) is 0 Å². The molecule has 1 rings (SSSR count). The molecule has 0 aliphatic carbocycles. The second-order valence-electron chi connectivity index (χ2n) is 4.41. The standard InChI is InChI=1S/C14H22OS/c1-5-12(4)16-9-14(15)13-7-6-10(2)11(3)8-13/h6-8,12,14-15H,5,9H2,1-4H3. The third kappa shape index (κ3) is 3.84. The SMILES string of the molecule is CCC(C)SCC(O)c1ccc(C)c(C)c1. The molecule has 2 unspecified atom stereocenters. The summed E-state index contributed by atoms with van der Waals surface area (Å²) in [6, 6.07) is 6.21. The first-order valence-corrected chi connectivity index (χ1v) is 6.96. The molecule has 2 heteroatoms. The summed E-state index contributed by atoms with van der Waals surface area (Å²) < 4.78 is 0. The fourth-order valence-corrected chi connectivity index (χ4v) is 2.38. The van der Waals surface area contributed by atoms with Crippen molar-refractivity contribution in [2.45, 2.75) is 45.5 Å². The van der Waals surface area contributed by atoms with Crippen LogP contribution in [0.4, 0.5) is 0 Å². The molecule has 0 spiro atoms. The van der Waals surface area contributed by atoms with E-state index in [0.29, 0.717) is 5.25 Å². The molecule has 0 radical (unpaired) electrons. The number of hydrogen-bond acceptors (Lipinski definition) is 2. The van der Waals surface area contributed by atoms with E-state index in [2.05, 4.69) is 39.8 Å². The van der Waals surface area contributed by atoms with Gasteiger partial charge in [-0.25, -0.2) is 0 Å². The first-order valence-electron chi connectivity index (χ1n) is 5.91. The first-order chi connectivity index (χ1) is 7.54. The maximum absolute atomic E-state index is 10.1. The van der Waals surface area contributed by atoms with Gasteiger partial charge in [0.25, 0.3) is 0 Å². The molecule has 0 fully saturated rings. The maximum Gasteiger partial charge on any atom is 0.0880 e. The van der Waals surface area contributed by atoms with Crippen molar-refractivity contribution in [2.75, 3.05) is 5.75 Å². The highest BCUT2D eigenvalue weighted by Crippen LogP contribution is 2.23. The van der Waals surface area contributed by atoms with E-state index in [4.69, 9.17) is 0 Å². The lowest BCUT2D eigenvalue weighted by atomic mass is 10.0. The lowest BCUT2D eigenvalue weighted by Gasteiger charge is -2.15. The van der Waals surface area contributed by atoms with Crippen LogP contribution < -0.4 is 0 Å². The summed E-state index contributed by atoms with van der Waals surface area (Å²) in [7, 11) is 0. The Morgan fingerprint density at radius 1 is 1.25 bits per heavy atom. The molecule has 0 bridgehead atoms.